The van der Waals surface area contributed by atoms with Crippen molar-refractivity contribution in [2.24, 2.45) is 0 Å². The highest BCUT2D eigenvalue weighted by Gasteiger charge is 2.17. The molecule has 1 amide bonds. The van der Waals surface area contributed by atoms with Gasteiger partial charge in [0.05, 0.1) is 7.11 Å². The second-order valence-electron chi connectivity index (χ2n) is 6.57. The lowest BCUT2D eigenvalue weighted by Gasteiger charge is -2.06. The van der Waals surface area contributed by atoms with Crippen LogP contribution in [0.25, 0.3) is 12.2 Å². The van der Waals surface area contributed by atoms with Crippen molar-refractivity contribution in [3.63, 3.8) is 0 Å². The number of carbonyl (C=O) groups excluding carboxylic acids is 1. The van der Waals surface area contributed by atoms with E-state index in [1.54, 1.807) is 69.5 Å². The molecular formula is C21H23N3O5S2. The first kappa shape index (κ1) is 22.7. The van der Waals surface area contributed by atoms with E-state index in [-0.39, 0.29) is 16.7 Å². The van der Waals surface area contributed by atoms with Crippen molar-refractivity contribution in [1.29, 1.82) is 0 Å². The van der Waals surface area contributed by atoms with E-state index in [1.807, 2.05) is 0 Å². The molecular weight excluding hydrogens is 438 g/mol. The highest BCUT2D eigenvalue weighted by atomic mass is 32.2. The topological polar surface area (TPSA) is 111 Å². The van der Waals surface area contributed by atoms with E-state index in [4.69, 9.17) is 9.26 Å². The average molecular weight is 462 g/mol. The summed E-state index contributed by atoms with van der Waals surface area (Å²) in [6.07, 6.45) is 3.70. The maximum absolute atomic E-state index is 12.6. The van der Waals surface area contributed by atoms with Gasteiger partial charge in [0.25, 0.3) is 0 Å². The number of anilines is 1. The van der Waals surface area contributed by atoms with Gasteiger partial charge in [-0.2, -0.15) is 0 Å². The van der Waals surface area contributed by atoms with Crippen molar-refractivity contribution in [2.45, 2.75) is 31.0 Å². The third-order valence-corrected chi connectivity index (χ3v) is 7.31. The van der Waals surface area contributed by atoms with E-state index in [1.165, 1.54) is 0 Å². The fourth-order valence-corrected chi connectivity index (χ4v) is 4.89. The summed E-state index contributed by atoms with van der Waals surface area (Å²) in [5.74, 6) is 0.962. The Morgan fingerprint density at radius 2 is 1.94 bits per heavy atom. The number of ether oxygens (including phenoxy) is 1. The summed E-state index contributed by atoms with van der Waals surface area (Å²) >= 11 is 1.12. The van der Waals surface area contributed by atoms with Crippen LogP contribution in [0.2, 0.25) is 0 Å². The number of hydrogen-bond donors (Lipinski definition) is 2. The van der Waals surface area contributed by atoms with Crippen molar-refractivity contribution in [3.05, 3.63) is 58.3 Å². The number of aromatic nitrogens is 1. The first-order valence-electron chi connectivity index (χ1n) is 9.49. The molecule has 0 fully saturated rings. The Bertz CT molecular complexity index is 1180. The van der Waals surface area contributed by atoms with E-state index in [0.29, 0.717) is 34.2 Å². The highest BCUT2D eigenvalue weighted by molar-refractivity contribution is 7.91. The van der Waals surface area contributed by atoms with Crippen LogP contribution in [-0.2, 0) is 21.4 Å². The minimum Gasteiger partial charge on any atom is -0.497 e. The van der Waals surface area contributed by atoms with Crippen LogP contribution in [-0.4, -0.2) is 26.6 Å². The molecule has 2 aromatic heterocycles. The van der Waals surface area contributed by atoms with Crippen LogP contribution in [0.5, 0.6) is 5.75 Å². The van der Waals surface area contributed by atoms with Gasteiger partial charge in [0.1, 0.15) is 21.3 Å². The molecule has 10 heteroatoms. The van der Waals surface area contributed by atoms with Crippen LogP contribution in [0.3, 0.4) is 0 Å². The first-order valence-corrected chi connectivity index (χ1v) is 11.8. The zero-order valence-electron chi connectivity index (χ0n) is 17.3. The fraction of sp³-hybridized carbons (Fsp3) is 0.238. The smallest absolute Gasteiger partial charge is 0.250 e. The van der Waals surface area contributed by atoms with Crippen molar-refractivity contribution >= 4 is 45.1 Å². The van der Waals surface area contributed by atoms with E-state index < -0.39 is 10.0 Å². The van der Waals surface area contributed by atoms with Crippen LogP contribution in [0, 0.1) is 6.92 Å². The number of hydrogen-bond acceptors (Lipinski definition) is 7. The van der Waals surface area contributed by atoms with Gasteiger partial charge in [-0.15, -0.1) is 11.3 Å². The number of thiophene rings is 1. The molecule has 0 bridgehead atoms. The molecule has 0 radical (unpaired) electrons. The molecule has 3 rings (SSSR count). The molecule has 0 unspecified atom stereocenters. The average Bonchev–Trinajstić information content (AvgIpc) is 3.39. The van der Waals surface area contributed by atoms with Gasteiger partial charge in [-0.1, -0.05) is 24.2 Å². The predicted molar refractivity (Wildman–Crippen MR) is 120 cm³/mol. The largest absolute Gasteiger partial charge is 0.497 e. The molecule has 0 saturated carbocycles. The van der Waals surface area contributed by atoms with Gasteiger partial charge >= 0.3 is 0 Å². The van der Waals surface area contributed by atoms with Crippen LogP contribution >= 0.6 is 11.3 Å². The zero-order valence-corrected chi connectivity index (χ0v) is 19.0. The number of sulfonamides is 1. The molecule has 0 spiro atoms. The Morgan fingerprint density at radius 1 is 1.19 bits per heavy atom. The highest BCUT2D eigenvalue weighted by Crippen LogP contribution is 2.26. The number of carbonyl (C=O) groups is 1. The summed E-state index contributed by atoms with van der Waals surface area (Å²) < 4.78 is 38.4. The van der Waals surface area contributed by atoms with E-state index in [9.17, 15) is 13.2 Å². The van der Waals surface area contributed by atoms with Crippen molar-refractivity contribution < 1.29 is 22.5 Å². The molecule has 1 aromatic carbocycles. The molecule has 0 aliphatic heterocycles. The second-order valence-corrected chi connectivity index (χ2v) is 9.68. The lowest BCUT2D eigenvalue weighted by Crippen LogP contribution is -2.22. The van der Waals surface area contributed by atoms with E-state index >= 15 is 0 Å². The molecule has 0 aliphatic rings. The Hall–Kier alpha value is -2.95. The normalized spacial score (nSPS) is 11.7. The molecule has 164 valence electrons. The number of rotatable bonds is 9. The Labute approximate surface area is 185 Å². The summed E-state index contributed by atoms with van der Waals surface area (Å²) in [5, 5.41) is 6.63. The SMILES string of the molecule is CCC(=O)Nc1c(C)noc1/C=C/c1ccc(S(=O)(=O)NCc2ccc(OC)cc2)s1. The third-order valence-electron chi connectivity index (χ3n) is 4.37. The lowest BCUT2D eigenvalue weighted by molar-refractivity contribution is -0.115. The molecule has 0 saturated heterocycles. The van der Waals surface area contributed by atoms with E-state index in [2.05, 4.69) is 15.2 Å². The zero-order chi connectivity index (χ0) is 22.4. The predicted octanol–water partition coefficient (Wildman–Crippen LogP) is 4.05. The number of amides is 1. The first-order chi connectivity index (χ1) is 14.8. The summed E-state index contributed by atoms with van der Waals surface area (Å²) in [4.78, 5) is 12.4. The van der Waals surface area contributed by atoms with Crippen LogP contribution < -0.4 is 14.8 Å². The van der Waals surface area contributed by atoms with Crippen molar-refractivity contribution in [3.8, 4) is 5.75 Å². The van der Waals surface area contributed by atoms with Gasteiger partial charge < -0.3 is 14.6 Å². The molecule has 31 heavy (non-hydrogen) atoms. The van der Waals surface area contributed by atoms with Gasteiger partial charge in [0, 0.05) is 17.8 Å². The number of nitrogens with zero attached hydrogens (tertiary/aromatic N) is 1. The number of methoxy groups -OCH3 is 1. The molecule has 0 aliphatic carbocycles. The van der Waals surface area contributed by atoms with Gasteiger partial charge in [-0.25, -0.2) is 13.1 Å². The van der Waals surface area contributed by atoms with Gasteiger partial charge in [-0.3, -0.25) is 4.79 Å². The van der Waals surface area contributed by atoms with Crippen molar-refractivity contribution in [2.75, 3.05) is 12.4 Å². The maximum atomic E-state index is 12.6. The molecule has 8 nitrogen and oxygen atoms in total. The van der Waals surface area contributed by atoms with Crippen LogP contribution in [0.15, 0.2) is 45.1 Å². The quantitative estimate of drug-likeness (QED) is 0.497. The monoisotopic (exact) mass is 461 g/mol. The molecule has 0 atom stereocenters. The number of nitrogens with one attached hydrogen (secondary N) is 2. The number of benzene rings is 1. The van der Waals surface area contributed by atoms with Gasteiger partial charge in [0.15, 0.2) is 5.76 Å². The summed E-state index contributed by atoms with van der Waals surface area (Å²) in [5.41, 5.74) is 1.90. The van der Waals surface area contributed by atoms with Gasteiger partial charge in [0.2, 0.25) is 15.9 Å². The maximum Gasteiger partial charge on any atom is 0.250 e. The molecule has 2 heterocycles. The summed E-state index contributed by atoms with van der Waals surface area (Å²) in [6.45, 7) is 3.66. The summed E-state index contributed by atoms with van der Waals surface area (Å²) in [7, 11) is -2.07. The third kappa shape index (κ3) is 5.81. The Balaban J connectivity index is 1.68. The molecule has 3 aromatic rings. The van der Waals surface area contributed by atoms with Gasteiger partial charge in [-0.05, 0) is 48.9 Å². The lowest BCUT2D eigenvalue weighted by atomic mass is 10.2. The van der Waals surface area contributed by atoms with Crippen molar-refractivity contribution in [1.82, 2.24) is 9.88 Å². The Morgan fingerprint density at radius 3 is 2.61 bits per heavy atom. The summed E-state index contributed by atoms with van der Waals surface area (Å²) in [6, 6.07) is 10.4. The standard InChI is InChI=1S/C21H23N3O5S2/c1-4-19(25)23-21-14(2)24-29-18(21)11-9-17-10-12-20(30-17)31(26,27)22-13-15-5-7-16(28-3)8-6-15/h5-12,22H,4,13H2,1-3H3,(H,23,25)/b11-9+. The minimum absolute atomic E-state index is 0.145. The van der Waals surface area contributed by atoms with E-state index in [0.717, 1.165) is 16.9 Å². The van der Waals surface area contributed by atoms with Crippen LogP contribution in [0.4, 0.5) is 5.69 Å². The van der Waals surface area contributed by atoms with Crippen LogP contribution in [0.1, 0.15) is 35.2 Å². The molecule has 2 N–H and O–H groups in total. The fourth-order valence-electron chi connectivity index (χ4n) is 2.60. The second kappa shape index (κ2) is 9.90. The number of aryl methyl sites for hydroxylation is 1. The Kier molecular flexibility index (Phi) is 7.26. The minimum atomic E-state index is -3.65.